The van der Waals surface area contributed by atoms with Crippen molar-refractivity contribution in [2.24, 2.45) is 0 Å². The Morgan fingerprint density at radius 1 is 1.35 bits per heavy atom. The summed E-state index contributed by atoms with van der Waals surface area (Å²) < 4.78 is 0. The predicted molar refractivity (Wildman–Crippen MR) is 74.5 cm³/mol. The first kappa shape index (κ1) is 14.3. The molecule has 0 aliphatic carbocycles. The van der Waals surface area contributed by atoms with Crippen LogP contribution in [-0.4, -0.2) is 42.3 Å². The molecule has 2 unspecified atom stereocenters. The van der Waals surface area contributed by atoms with E-state index >= 15 is 0 Å². The van der Waals surface area contributed by atoms with Gasteiger partial charge in [-0.15, -0.1) is 0 Å². The van der Waals surface area contributed by atoms with Gasteiger partial charge in [-0.2, -0.15) is 0 Å². The minimum Gasteiger partial charge on any atom is -0.465 e. The maximum atomic E-state index is 12.2. The van der Waals surface area contributed by atoms with E-state index in [1.807, 2.05) is 30.3 Å². The number of benzene rings is 1. The van der Waals surface area contributed by atoms with Crippen LogP contribution in [0.4, 0.5) is 4.79 Å². The van der Waals surface area contributed by atoms with E-state index in [1.165, 1.54) is 0 Å². The fourth-order valence-electron chi connectivity index (χ4n) is 2.29. The van der Waals surface area contributed by atoms with Crippen LogP contribution in [-0.2, 0) is 11.2 Å². The lowest BCUT2D eigenvalue weighted by molar-refractivity contribution is -0.123. The van der Waals surface area contributed by atoms with Crippen LogP contribution in [0.2, 0.25) is 0 Å². The number of carbonyl (C=O) groups is 2. The molecule has 6 heteroatoms. The predicted octanol–water partition coefficient (Wildman–Crippen LogP) is 0.343. The van der Waals surface area contributed by atoms with Crippen LogP contribution in [0.3, 0.4) is 0 Å². The van der Waals surface area contributed by atoms with Crippen LogP contribution in [0.15, 0.2) is 30.3 Å². The van der Waals surface area contributed by atoms with Crippen LogP contribution in [0.25, 0.3) is 0 Å². The zero-order valence-electron chi connectivity index (χ0n) is 11.1. The first-order valence-electron chi connectivity index (χ1n) is 6.69. The van der Waals surface area contributed by atoms with Crippen LogP contribution >= 0.6 is 0 Å². The van der Waals surface area contributed by atoms with Crippen molar-refractivity contribution in [1.82, 2.24) is 16.0 Å². The summed E-state index contributed by atoms with van der Waals surface area (Å²) in [5.74, 6) is -0.273. The summed E-state index contributed by atoms with van der Waals surface area (Å²) >= 11 is 0. The molecule has 0 bridgehead atoms. The molecular weight excluding hydrogens is 258 g/mol. The fourth-order valence-corrected chi connectivity index (χ4v) is 2.29. The lowest BCUT2D eigenvalue weighted by Crippen LogP contribution is -2.50. The molecule has 1 heterocycles. The maximum Gasteiger partial charge on any atom is 0.405 e. The van der Waals surface area contributed by atoms with Gasteiger partial charge in [-0.05, 0) is 18.5 Å². The molecule has 0 aromatic heterocycles. The van der Waals surface area contributed by atoms with Gasteiger partial charge in [-0.25, -0.2) is 4.79 Å². The number of rotatable bonds is 5. The Kier molecular flexibility index (Phi) is 4.95. The molecule has 6 nitrogen and oxygen atoms in total. The first-order chi connectivity index (χ1) is 9.65. The van der Waals surface area contributed by atoms with Gasteiger partial charge in [0.1, 0.15) is 6.04 Å². The summed E-state index contributed by atoms with van der Waals surface area (Å²) in [6, 6.07) is 8.68. The van der Waals surface area contributed by atoms with Crippen molar-refractivity contribution in [2.75, 3.05) is 13.1 Å². The molecule has 1 aromatic carbocycles. The van der Waals surface area contributed by atoms with Crippen molar-refractivity contribution in [3.8, 4) is 0 Å². The molecular formula is C14H19N3O3. The monoisotopic (exact) mass is 277 g/mol. The Hall–Kier alpha value is -2.08. The maximum absolute atomic E-state index is 12.2. The lowest BCUT2D eigenvalue weighted by atomic mass is 10.0. The second-order valence-electron chi connectivity index (χ2n) is 4.89. The van der Waals surface area contributed by atoms with Crippen molar-refractivity contribution >= 4 is 12.0 Å². The third-order valence-corrected chi connectivity index (χ3v) is 3.30. The Morgan fingerprint density at radius 2 is 2.10 bits per heavy atom. The second kappa shape index (κ2) is 6.91. The highest BCUT2D eigenvalue weighted by Gasteiger charge is 2.24. The van der Waals surface area contributed by atoms with Gasteiger partial charge in [0, 0.05) is 19.0 Å². The van der Waals surface area contributed by atoms with Gasteiger partial charge in [0.25, 0.3) is 0 Å². The highest BCUT2D eigenvalue weighted by molar-refractivity contribution is 5.85. The standard InChI is InChI=1S/C14H19N3O3/c18-13(16-11-6-7-15-9-11)12(17-14(19)20)8-10-4-2-1-3-5-10/h1-5,11-12,15,17H,6-9H2,(H,16,18)(H,19,20). The zero-order valence-corrected chi connectivity index (χ0v) is 11.1. The lowest BCUT2D eigenvalue weighted by Gasteiger charge is -2.19. The van der Waals surface area contributed by atoms with Crippen LogP contribution in [0, 0.1) is 0 Å². The fraction of sp³-hybridized carbons (Fsp3) is 0.429. The molecule has 1 aromatic rings. The number of hydrogen-bond donors (Lipinski definition) is 4. The Balaban J connectivity index is 1.98. The number of nitrogens with one attached hydrogen (secondary N) is 3. The van der Waals surface area contributed by atoms with E-state index in [1.54, 1.807) is 0 Å². The molecule has 1 fully saturated rings. The summed E-state index contributed by atoms with van der Waals surface area (Å²) in [5.41, 5.74) is 0.922. The third-order valence-electron chi connectivity index (χ3n) is 3.30. The minimum absolute atomic E-state index is 0.0800. The Morgan fingerprint density at radius 3 is 2.70 bits per heavy atom. The number of amides is 2. The summed E-state index contributed by atoms with van der Waals surface area (Å²) in [7, 11) is 0. The summed E-state index contributed by atoms with van der Waals surface area (Å²) in [4.78, 5) is 23.0. The molecule has 2 atom stereocenters. The van der Waals surface area contributed by atoms with Crippen molar-refractivity contribution < 1.29 is 14.7 Å². The van der Waals surface area contributed by atoms with Crippen molar-refractivity contribution in [3.63, 3.8) is 0 Å². The average molecular weight is 277 g/mol. The largest absolute Gasteiger partial charge is 0.465 e. The summed E-state index contributed by atoms with van der Waals surface area (Å²) in [6.45, 7) is 1.61. The molecule has 1 aliphatic rings. The molecule has 108 valence electrons. The molecule has 20 heavy (non-hydrogen) atoms. The minimum atomic E-state index is -1.19. The van der Waals surface area contributed by atoms with Gasteiger partial charge >= 0.3 is 6.09 Å². The Bertz CT molecular complexity index is 458. The highest BCUT2D eigenvalue weighted by Crippen LogP contribution is 2.05. The van der Waals surface area contributed by atoms with Crippen LogP contribution < -0.4 is 16.0 Å². The van der Waals surface area contributed by atoms with Crippen molar-refractivity contribution in [3.05, 3.63) is 35.9 Å². The van der Waals surface area contributed by atoms with E-state index in [0.29, 0.717) is 6.42 Å². The molecule has 0 saturated carbocycles. The van der Waals surface area contributed by atoms with Crippen LogP contribution in [0.1, 0.15) is 12.0 Å². The van der Waals surface area contributed by atoms with Crippen LogP contribution in [0.5, 0.6) is 0 Å². The quantitative estimate of drug-likeness (QED) is 0.625. The number of carboxylic acid groups (broad SMARTS) is 1. The number of hydrogen-bond acceptors (Lipinski definition) is 3. The molecule has 0 radical (unpaired) electrons. The zero-order chi connectivity index (χ0) is 14.4. The molecule has 0 spiro atoms. The van der Waals surface area contributed by atoms with E-state index in [0.717, 1.165) is 25.1 Å². The van der Waals surface area contributed by atoms with Gasteiger partial charge in [0.05, 0.1) is 0 Å². The van der Waals surface area contributed by atoms with Gasteiger partial charge in [0.2, 0.25) is 5.91 Å². The highest BCUT2D eigenvalue weighted by atomic mass is 16.4. The smallest absolute Gasteiger partial charge is 0.405 e. The Labute approximate surface area is 117 Å². The SMILES string of the molecule is O=C(O)NC(Cc1ccccc1)C(=O)NC1CCNC1. The number of carbonyl (C=O) groups excluding carboxylic acids is 1. The summed E-state index contributed by atoms with van der Waals surface area (Å²) in [5, 5.41) is 17.2. The van der Waals surface area contributed by atoms with E-state index < -0.39 is 12.1 Å². The third kappa shape index (κ3) is 4.24. The van der Waals surface area contributed by atoms with Gasteiger partial charge in [-0.3, -0.25) is 4.79 Å². The molecule has 1 aliphatic heterocycles. The molecule has 2 rings (SSSR count). The van der Waals surface area contributed by atoms with E-state index in [2.05, 4.69) is 16.0 Å². The molecule has 1 saturated heterocycles. The van der Waals surface area contributed by atoms with Crippen molar-refractivity contribution in [2.45, 2.75) is 24.9 Å². The second-order valence-corrected chi connectivity index (χ2v) is 4.89. The van der Waals surface area contributed by atoms with Gasteiger partial charge < -0.3 is 21.1 Å². The topological polar surface area (TPSA) is 90.5 Å². The molecule has 4 N–H and O–H groups in total. The normalized spacial score (nSPS) is 19.3. The van der Waals surface area contributed by atoms with Gasteiger partial charge in [0.15, 0.2) is 0 Å². The van der Waals surface area contributed by atoms with E-state index in [4.69, 9.17) is 5.11 Å². The average Bonchev–Trinajstić information content (AvgIpc) is 2.91. The van der Waals surface area contributed by atoms with Crippen molar-refractivity contribution in [1.29, 1.82) is 0 Å². The van der Waals surface area contributed by atoms with E-state index in [-0.39, 0.29) is 11.9 Å². The molecule has 2 amide bonds. The first-order valence-corrected chi connectivity index (χ1v) is 6.69. The van der Waals surface area contributed by atoms with E-state index in [9.17, 15) is 9.59 Å². The van der Waals surface area contributed by atoms with Gasteiger partial charge in [-0.1, -0.05) is 30.3 Å². The summed E-state index contributed by atoms with van der Waals surface area (Å²) in [6.07, 6.45) is 0.0290.